The number of primary amides is 1. The molecule has 1 aromatic rings. The van der Waals surface area contributed by atoms with Crippen LogP contribution >= 0.6 is 7.82 Å². The molecule has 1 fully saturated rings. The van der Waals surface area contributed by atoms with Crippen molar-refractivity contribution < 1.29 is 63.0 Å². The summed E-state index contributed by atoms with van der Waals surface area (Å²) >= 11 is 0. The van der Waals surface area contributed by atoms with E-state index in [4.69, 9.17) is 26.2 Å². The van der Waals surface area contributed by atoms with Gasteiger partial charge in [-0.1, -0.05) is 0 Å². The van der Waals surface area contributed by atoms with Gasteiger partial charge in [0.15, 0.2) is 24.0 Å². The number of nitrogens with zero attached hydrogens (tertiary/aromatic N) is 1. The molecule has 172 valence electrons. The van der Waals surface area contributed by atoms with E-state index in [9.17, 15) is 39.2 Å². The minimum absolute atomic E-state index is 0.0342. The standard InChI is InChI=1S/C15H20N3O12P/c16-12(23)6-2-1-3-18(5-6)13-9(22)8(21)10(29-13)11(30-31(26,27)28)15(17,14(24)25)4-7(19)20/h1-3,5,8-11,13,21-22H,4,17H2,(H5-,16,19,20,23,24,25,26,27,28)/t8-,9+,10+,11?,13+,15-/m0/s1. The van der Waals surface area contributed by atoms with Crippen LogP contribution in [0, 0.1) is 0 Å². The maximum Gasteiger partial charge on any atom is 0.327 e. The number of aromatic nitrogens is 1. The van der Waals surface area contributed by atoms with Crippen LogP contribution in [0.1, 0.15) is 23.0 Å². The van der Waals surface area contributed by atoms with Crippen molar-refractivity contribution in [1.29, 1.82) is 0 Å². The molecule has 1 saturated heterocycles. The van der Waals surface area contributed by atoms with Gasteiger partial charge in [-0.3, -0.25) is 18.9 Å². The largest absolute Gasteiger partial charge is 0.756 e. The van der Waals surface area contributed by atoms with Crippen LogP contribution in [0.3, 0.4) is 0 Å². The molecule has 31 heavy (non-hydrogen) atoms. The summed E-state index contributed by atoms with van der Waals surface area (Å²) in [6, 6.07) is 2.65. The Morgan fingerprint density at radius 2 is 1.94 bits per heavy atom. The Morgan fingerprint density at radius 3 is 2.42 bits per heavy atom. The van der Waals surface area contributed by atoms with Gasteiger partial charge in [-0.25, -0.2) is 0 Å². The van der Waals surface area contributed by atoms with E-state index >= 15 is 0 Å². The fourth-order valence-electron chi connectivity index (χ4n) is 3.12. The van der Waals surface area contributed by atoms with Crippen LogP contribution in [-0.4, -0.2) is 73.1 Å². The number of aliphatic hydroxyl groups excluding tert-OH is 2. The fraction of sp³-hybridized carbons (Fsp3) is 0.467. The summed E-state index contributed by atoms with van der Waals surface area (Å²) in [5.41, 5.74) is 7.73. The molecule has 0 radical (unpaired) electrons. The molecule has 2 heterocycles. The normalized spacial score (nSPS) is 28.3. The molecule has 9 N–H and O–H groups in total. The van der Waals surface area contributed by atoms with E-state index in [1.165, 1.54) is 18.3 Å². The predicted molar refractivity (Wildman–Crippen MR) is 92.6 cm³/mol. The van der Waals surface area contributed by atoms with Gasteiger partial charge in [0, 0.05) is 6.07 Å². The number of ether oxygens (including phenoxy) is 1. The van der Waals surface area contributed by atoms with Crippen molar-refractivity contribution in [2.24, 2.45) is 11.5 Å². The Bertz CT molecular complexity index is 922. The second-order valence-electron chi connectivity index (χ2n) is 6.79. The van der Waals surface area contributed by atoms with Gasteiger partial charge in [0.1, 0.15) is 23.9 Å². The van der Waals surface area contributed by atoms with E-state index in [0.29, 0.717) is 0 Å². The summed E-state index contributed by atoms with van der Waals surface area (Å²) in [6.45, 7) is 0. The zero-order valence-corrected chi connectivity index (χ0v) is 16.4. The summed E-state index contributed by atoms with van der Waals surface area (Å²) in [6.07, 6.45) is -8.96. The van der Waals surface area contributed by atoms with Gasteiger partial charge >= 0.3 is 11.9 Å². The molecule has 0 spiro atoms. The zero-order chi connectivity index (χ0) is 23.7. The lowest BCUT2D eigenvalue weighted by atomic mass is 9.84. The molecule has 1 aromatic heterocycles. The van der Waals surface area contributed by atoms with Gasteiger partial charge in [0.2, 0.25) is 0 Å². The molecule has 0 bridgehead atoms. The number of aliphatic hydroxyl groups is 2. The van der Waals surface area contributed by atoms with Gasteiger partial charge in [0.05, 0.1) is 6.42 Å². The molecular formula is C15H20N3O12P. The predicted octanol–water partition coefficient (Wildman–Crippen LogP) is -4.21. The number of amides is 1. The Labute approximate surface area is 173 Å². The molecule has 2 unspecified atom stereocenters. The maximum absolute atomic E-state index is 11.7. The fourth-order valence-corrected chi connectivity index (χ4v) is 3.71. The van der Waals surface area contributed by atoms with Crippen LogP contribution in [-0.2, 0) is 23.4 Å². The van der Waals surface area contributed by atoms with E-state index in [0.717, 1.165) is 10.8 Å². The number of phosphoric ester groups is 1. The first kappa shape index (κ1) is 24.8. The first-order valence-corrected chi connectivity index (χ1v) is 9.95. The Balaban J connectivity index is 2.50. The van der Waals surface area contributed by atoms with Crippen LogP contribution in [0.25, 0.3) is 0 Å². The highest BCUT2D eigenvalue weighted by atomic mass is 31.2. The Kier molecular flexibility index (Phi) is 7.14. The van der Waals surface area contributed by atoms with Crippen LogP contribution in [0.4, 0.5) is 0 Å². The number of hydrogen-bond acceptors (Lipinski definition) is 10. The maximum atomic E-state index is 11.7. The number of carbonyl (C=O) groups excluding carboxylic acids is 1. The van der Waals surface area contributed by atoms with Crippen LogP contribution in [0.2, 0.25) is 0 Å². The molecule has 0 saturated carbocycles. The second-order valence-corrected chi connectivity index (χ2v) is 7.94. The lowest BCUT2D eigenvalue weighted by Gasteiger charge is -2.38. The molecule has 0 aliphatic carbocycles. The van der Waals surface area contributed by atoms with E-state index in [1.54, 1.807) is 0 Å². The van der Waals surface area contributed by atoms with E-state index < -0.39 is 68.3 Å². The summed E-state index contributed by atoms with van der Waals surface area (Å²) in [7, 11) is -5.74. The van der Waals surface area contributed by atoms with Crippen molar-refractivity contribution in [3.05, 3.63) is 30.1 Å². The number of carboxylic acids is 2. The number of carbonyl (C=O) groups is 3. The molecular weight excluding hydrogens is 445 g/mol. The third kappa shape index (κ3) is 5.41. The van der Waals surface area contributed by atoms with E-state index in [-0.39, 0.29) is 5.56 Å². The zero-order valence-electron chi connectivity index (χ0n) is 15.5. The second kappa shape index (κ2) is 8.94. The summed E-state index contributed by atoms with van der Waals surface area (Å²) in [5, 5.41) is 39.2. The van der Waals surface area contributed by atoms with E-state index in [1.807, 2.05) is 0 Å². The molecule has 1 aliphatic heterocycles. The monoisotopic (exact) mass is 465 g/mol. The molecule has 2 rings (SSSR count). The number of phosphoric acid groups is 1. The third-order valence-corrected chi connectivity index (χ3v) is 5.06. The molecule has 15 nitrogen and oxygen atoms in total. The van der Waals surface area contributed by atoms with Gasteiger partial charge in [-0.05, 0) is 6.07 Å². The third-order valence-electron chi connectivity index (χ3n) is 4.57. The van der Waals surface area contributed by atoms with E-state index in [2.05, 4.69) is 4.52 Å². The van der Waals surface area contributed by atoms with Crippen molar-refractivity contribution >= 4 is 25.7 Å². The highest BCUT2D eigenvalue weighted by Gasteiger charge is 2.59. The van der Waals surface area contributed by atoms with Gasteiger partial charge < -0.3 is 50.9 Å². The number of carboxylic acid groups (broad SMARTS) is 2. The highest BCUT2D eigenvalue weighted by Crippen LogP contribution is 2.41. The molecule has 7 atom stereocenters. The average Bonchev–Trinajstić information content (AvgIpc) is 2.93. The topological polar surface area (TPSA) is 267 Å². The summed E-state index contributed by atoms with van der Waals surface area (Å²) in [5.74, 6) is -4.67. The van der Waals surface area contributed by atoms with Gasteiger partial charge in [-0.2, -0.15) is 4.57 Å². The minimum Gasteiger partial charge on any atom is -0.756 e. The summed E-state index contributed by atoms with van der Waals surface area (Å²) in [4.78, 5) is 54.6. The lowest BCUT2D eigenvalue weighted by Crippen LogP contribution is -2.64. The Hall–Kier alpha value is -2.49. The van der Waals surface area contributed by atoms with Gasteiger partial charge in [0.25, 0.3) is 20.0 Å². The molecule has 1 amide bonds. The average molecular weight is 465 g/mol. The van der Waals surface area contributed by atoms with Crippen molar-refractivity contribution in [2.75, 3.05) is 0 Å². The van der Waals surface area contributed by atoms with Crippen LogP contribution < -0.4 is 20.9 Å². The first-order chi connectivity index (χ1) is 14.2. The van der Waals surface area contributed by atoms with Crippen molar-refractivity contribution in [2.45, 2.75) is 42.6 Å². The summed E-state index contributed by atoms with van der Waals surface area (Å²) < 4.78 is 22.1. The number of pyridine rings is 1. The minimum atomic E-state index is -5.74. The quantitative estimate of drug-likeness (QED) is 0.135. The number of aliphatic carboxylic acids is 2. The SMILES string of the molecule is NC(=O)c1ccc[n+]([C@@H]2O[C@@H](C(OP(=O)([O-])O)[C@@](N)(CC(=O)O)C(=O)O)[C@@H](O)[C@H]2O)c1. The molecule has 1 aliphatic rings. The number of hydrogen-bond donors (Lipinski definition) is 7. The Morgan fingerprint density at radius 1 is 1.32 bits per heavy atom. The lowest BCUT2D eigenvalue weighted by molar-refractivity contribution is -0.766. The van der Waals surface area contributed by atoms with Crippen molar-refractivity contribution in [3.8, 4) is 0 Å². The van der Waals surface area contributed by atoms with Gasteiger partial charge in [-0.15, -0.1) is 0 Å². The first-order valence-electron chi connectivity index (χ1n) is 8.46. The smallest absolute Gasteiger partial charge is 0.327 e. The van der Waals surface area contributed by atoms with Crippen molar-refractivity contribution in [1.82, 2.24) is 0 Å². The number of rotatable bonds is 9. The number of nitrogens with two attached hydrogens (primary N) is 2. The highest BCUT2D eigenvalue weighted by molar-refractivity contribution is 7.44. The van der Waals surface area contributed by atoms with Crippen LogP contribution in [0.5, 0.6) is 0 Å². The van der Waals surface area contributed by atoms with Crippen molar-refractivity contribution in [3.63, 3.8) is 0 Å². The van der Waals surface area contributed by atoms with Crippen LogP contribution in [0.15, 0.2) is 24.5 Å². The molecule has 0 aromatic carbocycles. The molecule has 16 heteroatoms.